The van der Waals surface area contributed by atoms with Gasteiger partial charge in [-0.1, -0.05) is 66.7 Å². The van der Waals surface area contributed by atoms with Crippen LogP contribution >= 0.6 is 0 Å². The third kappa shape index (κ3) is 2.21. The summed E-state index contributed by atoms with van der Waals surface area (Å²) < 4.78 is 11.9. The number of rotatable bonds is 4. The third-order valence-corrected chi connectivity index (χ3v) is 4.20. The number of ether oxygens (including phenoxy) is 2. The second kappa shape index (κ2) is 5.91. The highest BCUT2D eigenvalue weighted by atomic mass is 16.7. The molecule has 22 heavy (non-hydrogen) atoms. The summed E-state index contributed by atoms with van der Waals surface area (Å²) in [6.07, 6.45) is 0. The molecule has 0 unspecified atom stereocenters. The Labute approximate surface area is 131 Å². The number of hydrogen-bond acceptors (Lipinski definition) is 2. The molecule has 0 heterocycles. The monoisotopic (exact) mass is 292 g/mol. The molecule has 2 nitrogen and oxygen atoms in total. The molecule has 0 bridgehead atoms. The molecule has 0 saturated heterocycles. The van der Waals surface area contributed by atoms with Crippen molar-refractivity contribution in [2.45, 2.75) is 12.7 Å². The second-order valence-electron chi connectivity index (χ2n) is 5.37. The maximum Gasteiger partial charge on any atom is 0.222 e. The van der Waals surface area contributed by atoms with E-state index >= 15 is 0 Å². The first-order chi connectivity index (χ1) is 10.7. The Morgan fingerprint density at radius 2 is 1.36 bits per heavy atom. The minimum absolute atomic E-state index is 0.911. The Morgan fingerprint density at radius 1 is 0.727 bits per heavy atom. The molecule has 0 N–H and O–H groups in total. The summed E-state index contributed by atoms with van der Waals surface area (Å²) in [5.41, 5.74) is 3.19. The van der Waals surface area contributed by atoms with Gasteiger partial charge >= 0.3 is 0 Å². The summed E-state index contributed by atoms with van der Waals surface area (Å²) in [5, 5.41) is 2.33. The van der Waals surface area contributed by atoms with Crippen molar-refractivity contribution in [1.29, 1.82) is 0 Å². The molecule has 0 fully saturated rings. The largest absolute Gasteiger partial charge is 0.346 e. The van der Waals surface area contributed by atoms with Crippen LogP contribution in [0.2, 0.25) is 0 Å². The molecule has 3 aromatic rings. The molecule has 0 aliphatic carbocycles. The predicted molar refractivity (Wildman–Crippen MR) is 89.9 cm³/mol. The lowest BCUT2D eigenvalue weighted by molar-refractivity contribution is -0.183. The van der Waals surface area contributed by atoms with E-state index in [4.69, 9.17) is 9.47 Å². The highest BCUT2D eigenvalue weighted by Gasteiger charge is 2.37. The van der Waals surface area contributed by atoms with E-state index in [0.717, 1.165) is 22.1 Å². The lowest BCUT2D eigenvalue weighted by Gasteiger charge is -2.34. The average Bonchev–Trinajstić information content (AvgIpc) is 2.59. The van der Waals surface area contributed by atoms with Crippen molar-refractivity contribution >= 4 is 10.8 Å². The van der Waals surface area contributed by atoms with Crippen LogP contribution in [0.1, 0.15) is 16.7 Å². The molecule has 0 saturated carbocycles. The topological polar surface area (TPSA) is 18.5 Å². The quantitative estimate of drug-likeness (QED) is 0.652. The summed E-state index contributed by atoms with van der Waals surface area (Å²) in [7, 11) is 3.38. The van der Waals surface area contributed by atoms with Gasteiger partial charge in [-0.25, -0.2) is 0 Å². The zero-order chi connectivity index (χ0) is 15.6. The highest BCUT2D eigenvalue weighted by molar-refractivity contribution is 5.88. The van der Waals surface area contributed by atoms with Gasteiger partial charge in [-0.15, -0.1) is 0 Å². The average molecular weight is 292 g/mol. The van der Waals surface area contributed by atoms with E-state index in [0.29, 0.717) is 0 Å². The Balaban J connectivity index is 2.37. The zero-order valence-corrected chi connectivity index (χ0v) is 13.2. The van der Waals surface area contributed by atoms with Crippen LogP contribution in [-0.2, 0) is 15.3 Å². The molecule has 3 aromatic carbocycles. The number of methoxy groups -OCH3 is 2. The molecule has 112 valence electrons. The molecular formula is C20H20O2. The normalized spacial score (nSPS) is 11.8. The number of fused-ring (bicyclic) bond motifs is 1. The van der Waals surface area contributed by atoms with E-state index in [1.54, 1.807) is 14.2 Å². The second-order valence-corrected chi connectivity index (χ2v) is 5.37. The van der Waals surface area contributed by atoms with E-state index < -0.39 is 5.79 Å². The molecule has 0 radical (unpaired) electrons. The van der Waals surface area contributed by atoms with Crippen molar-refractivity contribution in [2.24, 2.45) is 0 Å². The Bertz CT molecular complexity index is 774. The van der Waals surface area contributed by atoms with Crippen LogP contribution in [0.4, 0.5) is 0 Å². The van der Waals surface area contributed by atoms with Crippen molar-refractivity contribution < 1.29 is 9.47 Å². The van der Waals surface area contributed by atoms with Gasteiger partial charge in [0.05, 0.1) is 0 Å². The number of aryl methyl sites for hydroxylation is 1. The lowest BCUT2D eigenvalue weighted by Crippen LogP contribution is -2.33. The fourth-order valence-electron chi connectivity index (χ4n) is 3.14. The van der Waals surface area contributed by atoms with Crippen molar-refractivity contribution in [3.63, 3.8) is 0 Å². The standard InChI is InChI=1S/C20H20O2/c1-15-13-14-16-9-7-8-12-18(16)19(15)20(21-2,22-3)17-10-5-4-6-11-17/h4-14H,1-3H3. The molecule has 0 atom stereocenters. The number of hydrogen-bond donors (Lipinski definition) is 0. The smallest absolute Gasteiger partial charge is 0.222 e. The summed E-state index contributed by atoms with van der Waals surface area (Å²) in [6, 6.07) is 22.6. The van der Waals surface area contributed by atoms with Gasteiger partial charge in [0, 0.05) is 25.3 Å². The first-order valence-electron chi connectivity index (χ1n) is 7.37. The molecule has 3 rings (SSSR count). The van der Waals surface area contributed by atoms with Gasteiger partial charge in [0.15, 0.2) is 0 Å². The van der Waals surface area contributed by atoms with Crippen LogP contribution in [-0.4, -0.2) is 14.2 Å². The summed E-state index contributed by atoms with van der Waals surface area (Å²) in [6.45, 7) is 2.09. The van der Waals surface area contributed by atoms with Crippen LogP contribution in [0.5, 0.6) is 0 Å². The molecule has 0 aliphatic heterocycles. The summed E-state index contributed by atoms with van der Waals surface area (Å²) in [4.78, 5) is 0. The van der Waals surface area contributed by atoms with Crippen LogP contribution in [0.25, 0.3) is 10.8 Å². The van der Waals surface area contributed by atoms with E-state index in [9.17, 15) is 0 Å². The maximum atomic E-state index is 5.93. The van der Waals surface area contributed by atoms with Crippen molar-refractivity contribution in [3.8, 4) is 0 Å². The third-order valence-electron chi connectivity index (χ3n) is 4.20. The highest BCUT2D eigenvalue weighted by Crippen LogP contribution is 2.39. The van der Waals surface area contributed by atoms with Gasteiger partial charge in [-0.2, -0.15) is 0 Å². The predicted octanol–water partition coefficient (Wildman–Crippen LogP) is 4.64. The van der Waals surface area contributed by atoms with E-state index in [2.05, 4.69) is 31.2 Å². The lowest BCUT2D eigenvalue weighted by atomic mass is 9.89. The molecule has 0 spiro atoms. The van der Waals surface area contributed by atoms with Gasteiger partial charge < -0.3 is 9.47 Å². The molecule has 2 heteroatoms. The maximum absolute atomic E-state index is 5.93. The van der Waals surface area contributed by atoms with Crippen molar-refractivity contribution in [2.75, 3.05) is 14.2 Å². The van der Waals surface area contributed by atoms with Gasteiger partial charge in [-0.3, -0.25) is 0 Å². The first kappa shape index (κ1) is 14.8. The van der Waals surface area contributed by atoms with Crippen molar-refractivity contribution in [3.05, 3.63) is 83.4 Å². The fourth-order valence-corrected chi connectivity index (χ4v) is 3.14. The minimum atomic E-state index is -0.911. The molecule has 0 aliphatic rings. The summed E-state index contributed by atoms with van der Waals surface area (Å²) in [5.74, 6) is -0.911. The van der Waals surface area contributed by atoms with Crippen LogP contribution in [0.15, 0.2) is 66.7 Å². The Kier molecular flexibility index (Phi) is 3.97. The van der Waals surface area contributed by atoms with Crippen LogP contribution in [0.3, 0.4) is 0 Å². The van der Waals surface area contributed by atoms with Gasteiger partial charge in [0.1, 0.15) is 0 Å². The Hall–Kier alpha value is -2.16. The zero-order valence-electron chi connectivity index (χ0n) is 13.2. The molecular weight excluding hydrogens is 272 g/mol. The minimum Gasteiger partial charge on any atom is -0.346 e. The van der Waals surface area contributed by atoms with Gasteiger partial charge in [0.25, 0.3) is 0 Å². The van der Waals surface area contributed by atoms with E-state index in [1.165, 1.54) is 5.39 Å². The fraction of sp³-hybridized carbons (Fsp3) is 0.200. The number of benzene rings is 3. The summed E-state index contributed by atoms with van der Waals surface area (Å²) >= 11 is 0. The Morgan fingerprint density at radius 3 is 2.05 bits per heavy atom. The van der Waals surface area contributed by atoms with Gasteiger partial charge in [0.2, 0.25) is 5.79 Å². The first-order valence-corrected chi connectivity index (χ1v) is 7.37. The SMILES string of the molecule is COC(OC)(c1ccccc1)c1c(C)ccc2ccccc12. The van der Waals surface area contributed by atoms with Crippen LogP contribution < -0.4 is 0 Å². The van der Waals surface area contributed by atoms with Crippen molar-refractivity contribution in [1.82, 2.24) is 0 Å². The van der Waals surface area contributed by atoms with Gasteiger partial charge in [-0.05, 0) is 23.3 Å². The molecule has 0 aromatic heterocycles. The van der Waals surface area contributed by atoms with Crippen LogP contribution in [0, 0.1) is 6.92 Å². The van der Waals surface area contributed by atoms with E-state index in [-0.39, 0.29) is 0 Å². The van der Waals surface area contributed by atoms with E-state index in [1.807, 2.05) is 42.5 Å². The molecule has 0 amide bonds.